The molecule has 28 heavy (non-hydrogen) atoms. The van der Waals surface area contributed by atoms with Crippen LogP contribution in [0.5, 0.6) is 5.75 Å². The second-order valence-electron chi connectivity index (χ2n) is 6.18. The van der Waals surface area contributed by atoms with Crippen molar-refractivity contribution in [1.82, 2.24) is 4.98 Å². The number of pyridine rings is 1. The Morgan fingerprint density at radius 3 is 2.64 bits per heavy atom. The molecule has 0 aliphatic carbocycles. The number of carbonyl (C=O) groups is 1. The first-order valence-corrected chi connectivity index (χ1v) is 9.44. The highest BCUT2D eigenvalue weighted by Gasteiger charge is 2.15. The predicted octanol–water partition coefficient (Wildman–Crippen LogP) is 4.07. The third-order valence-corrected chi connectivity index (χ3v) is 4.66. The summed E-state index contributed by atoms with van der Waals surface area (Å²) in [4.78, 5) is 16.4. The van der Waals surface area contributed by atoms with E-state index >= 15 is 0 Å². The third-order valence-electron chi connectivity index (χ3n) is 4.02. The van der Waals surface area contributed by atoms with Gasteiger partial charge in [-0.2, -0.15) is 0 Å². The van der Waals surface area contributed by atoms with Gasteiger partial charge in [0.2, 0.25) is 5.91 Å². The van der Waals surface area contributed by atoms with Crippen molar-refractivity contribution >= 4 is 27.5 Å². The van der Waals surface area contributed by atoms with Crippen LogP contribution in [0, 0.1) is 5.82 Å². The number of halogens is 2. The highest BCUT2D eigenvalue weighted by Crippen LogP contribution is 2.20. The summed E-state index contributed by atoms with van der Waals surface area (Å²) in [6.07, 6.45) is 2.07. The standard InChI is InChI=1S/C21H19BrFN3O2/c22-18-9-6-15(12-19(18)23)26-21(27)20(24)11-14-4-7-17(8-5-14)28-13-16-3-1-2-10-25-16/h1-10,12,20H,11,13,24H2,(H,26,27). The Balaban J connectivity index is 1.52. The van der Waals surface area contributed by atoms with Crippen molar-refractivity contribution in [2.45, 2.75) is 19.1 Å². The Morgan fingerprint density at radius 2 is 1.96 bits per heavy atom. The Labute approximate surface area is 170 Å². The van der Waals surface area contributed by atoms with Gasteiger partial charge in [0.1, 0.15) is 18.2 Å². The van der Waals surface area contributed by atoms with Gasteiger partial charge in [-0.05, 0) is 70.4 Å². The zero-order valence-corrected chi connectivity index (χ0v) is 16.5. The number of ether oxygens (including phenoxy) is 1. The molecule has 1 amide bonds. The van der Waals surface area contributed by atoms with Crippen molar-refractivity contribution in [3.8, 4) is 5.75 Å². The summed E-state index contributed by atoms with van der Waals surface area (Å²) in [6.45, 7) is 0.381. The molecule has 3 rings (SSSR count). The number of amides is 1. The molecule has 3 N–H and O–H groups in total. The van der Waals surface area contributed by atoms with E-state index in [-0.39, 0.29) is 5.91 Å². The van der Waals surface area contributed by atoms with Crippen molar-refractivity contribution in [1.29, 1.82) is 0 Å². The number of nitrogens with zero attached hydrogens (tertiary/aromatic N) is 1. The summed E-state index contributed by atoms with van der Waals surface area (Å²) in [6, 6.07) is 16.6. The maximum atomic E-state index is 13.5. The van der Waals surface area contributed by atoms with Crippen LogP contribution in [-0.4, -0.2) is 16.9 Å². The molecule has 0 saturated heterocycles. The Kier molecular flexibility index (Phi) is 6.73. The first-order valence-electron chi connectivity index (χ1n) is 8.64. The molecular weight excluding hydrogens is 425 g/mol. The number of aromatic nitrogens is 1. The average Bonchev–Trinajstić information content (AvgIpc) is 2.71. The molecule has 1 atom stereocenters. The van der Waals surface area contributed by atoms with Gasteiger partial charge >= 0.3 is 0 Å². The van der Waals surface area contributed by atoms with E-state index in [1.54, 1.807) is 12.3 Å². The molecule has 1 unspecified atom stereocenters. The van der Waals surface area contributed by atoms with E-state index in [0.29, 0.717) is 28.9 Å². The monoisotopic (exact) mass is 443 g/mol. The lowest BCUT2D eigenvalue weighted by molar-refractivity contribution is -0.117. The number of rotatable bonds is 7. The quantitative estimate of drug-likeness (QED) is 0.576. The molecule has 3 aromatic rings. The topological polar surface area (TPSA) is 77.2 Å². The van der Waals surface area contributed by atoms with E-state index in [9.17, 15) is 9.18 Å². The fraction of sp³-hybridized carbons (Fsp3) is 0.143. The molecule has 0 fully saturated rings. The lowest BCUT2D eigenvalue weighted by Crippen LogP contribution is -2.37. The zero-order valence-electron chi connectivity index (χ0n) is 14.9. The normalized spacial score (nSPS) is 11.7. The van der Waals surface area contributed by atoms with Gasteiger partial charge in [0.15, 0.2) is 0 Å². The number of nitrogens with two attached hydrogens (primary N) is 1. The molecule has 144 valence electrons. The summed E-state index contributed by atoms with van der Waals surface area (Å²) < 4.78 is 19.6. The minimum Gasteiger partial charge on any atom is -0.487 e. The van der Waals surface area contributed by atoms with E-state index in [4.69, 9.17) is 10.5 Å². The lowest BCUT2D eigenvalue weighted by Gasteiger charge is -2.13. The molecule has 0 saturated carbocycles. The Hall–Kier alpha value is -2.77. The van der Waals surface area contributed by atoms with Crippen molar-refractivity contribution in [2.24, 2.45) is 5.73 Å². The fourth-order valence-electron chi connectivity index (χ4n) is 2.52. The first-order chi connectivity index (χ1) is 13.5. The van der Waals surface area contributed by atoms with Gasteiger partial charge in [0.05, 0.1) is 16.2 Å². The van der Waals surface area contributed by atoms with Crippen molar-refractivity contribution < 1.29 is 13.9 Å². The minimum absolute atomic E-state index is 0.333. The molecular formula is C21H19BrFN3O2. The van der Waals surface area contributed by atoms with E-state index in [2.05, 4.69) is 26.2 Å². The SMILES string of the molecule is NC(Cc1ccc(OCc2ccccn2)cc1)C(=O)Nc1ccc(Br)c(F)c1. The van der Waals surface area contributed by atoms with Gasteiger partial charge in [-0.15, -0.1) is 0 Å². The molecule has 2 aromatic carbocycles. The summed E-state index contributed by atoms with van der Waals surface area (Å²) >= 11 is 3.07. The largest absolute Gasteiger partial charge is 0.487 e. The molecule has 0 bridgehead atoms. The van der Waals surface area contributed by atoms with Gasteiger partial charge in [0, 0.05) is 11.9 Å². The molecule has 1 heterocycles. The summed E-state index contributed by atoms with van der Waals surface area (Å²) in [5.41, 5.74) is 8.08. The molecule has 7 heteroatoms. The lowest BCUT2D eigenvalue weighted by atomic mass is 10.1. The van der Waals surface area contributed by atoms with Gasteiger partial charge < -0.3 is 15.8 Å². The Bertz CT molecular complexity index is 936. The van der Waals surface area contributed by atoms with E-state index in [0.717, 1.165) is 11.3 Å². The van der Waals surface area contributed by atoms with Gasteiger partial charge in [-0.3, -0.25) is 9.78 Å². The second kappa shape index (κ2) is 9.43. The summed E-state index contributed by atoms with van der Waals surface area (Å²) in [7, 11) is 0. The first kappa shape index (κ1) is 20.0. The van der Waals surface area contributed by atoms with Crippen molar-refractivity contribution in [3.63, 3.8) is 0 Å². The van der Waals surface area contributed by atoms with Crippen LogP contribution in [0.2, 0.25) is 0 Å². The summed E-state index contributed by atoms with van der Waals surface area (Å²) in [5, 5.41) is 2.62. The van der Waals surface area contributed by atoms with Crippen LogP contribution in [0.3, 0.4) is 0 Å². The molecule has 0 aliphatic rings. The second-order valence-corrected chi connectivity index (χ2v) is 7.04. The number of hydrogen-bond acceptors (Lipinski definition) is 4. The van der Waals surface area contributed by atoms with Crippen LogP contribution in [0.1, 0.15) is 11.3 Å². The highest BCUT2D eigenvalue weighted by atomic mass is 79.9. The van der Waals surface area contributed by atoms with E-state index < -0.39 is 11.9 Å². The van der Waals surface area contributed by atoms with Crippen LogP contribution in [0.25, 0.3) is 0 Å². The average molecular weight is 444 g/mol. The highest BCUT2D eigenvalue weighted by molar-refractivity contribution is 9.10. The minimum atomic E-state index is -0.757. The van der Waals surface area contributed by atoms with Crippen LogP contribution in [0.4, 0.5) is 10.1 Å². The van der Waals surface area contributed by atoms with Gasteiger partial charge in [-0.25, -0.2) is 4.39 Å². The van der Waals surface area contributed by atoms with Crippen LogP contribution < -0.4 is 15.8 Å². The third kappa shape index (κ3) is 5.61. The van der Waals surface area contributed by atoms with Crippen LogP contribution in [0.15, 0.2) is 71.3 Å². The molecule has 0 radical (unpaired) electrons. The number of benzene rings is 2. The van der Waals surface area contributed by atoms with Gasteiger partial charge in [0.25, 0.3) is 0 Å². The molecule has 0 aliphatic heterocycles. The molecule has 0 spiro atoms. The smallest absolute Gasteiger partial charge is 0.241 e. The van der Waals surface area contributed by atoms with E-state index in [1.807, 2.05) is 42.5 Å². The summed E-state index contributed by atoms with van der Waals surface area (Å²) in [5.74, 6) is -0.123. The predicted molar refractivity (Wildman–Crippen MR) is 109 cm³/mol. The maximum Gasteiger partial charge on any atom is 0.241 e. The van der Waals surface area contributed by atoms with Gasteiger partial charge in [-0.1, -0.05) is 18.2 Å². The fourth-order valence-corrected chi connectivity index (χ4v) is 2.76. The molecule has 5 nitrogen and oxygen atoms in total. The maximum absolute atomic E-state index is 13.5. The van der Waals surface area contributed by atoms with E-state index in [1.165, 1.54) is 12.1 Å². The van der Waals surface area contributed by atoms with Crippen LogP contribution >= 0.6 is 15.9 Å². The Morgan fingerprint density at radius 1 is 1.18 bits per heavy atom. The van der Waals surface area contributed by atoms with Crippen LogP contribution in [-0.2, 0) is 17.8 Å². The molecule has 1 aromatic heterocycles. The zero-order chi connectivity index (χ0) is 19.9. The number of hydrogen-bond donors (Lipinski definition) is 2. The number of anilines is 1. The van der Waals surface area contributed by atoms with Crippen molar-refractivity contribution in [3.05, 3.63) is 88.4 Å². The number of carbonyl (C=O) groups excluding carboxylic acids is 1. The van der Waals surface area contributed by atoms with Crippen molar-refractivity contribution in [2.75, 3.05) is 5.32 Å². The number of nitrogens with one attached hydrogen (secondary N) is 1.